The maximum Gasteiger partial charge on any atom is 0.234 e. The van der Waals surface area contributed by atoms with Gasteiger partial charge in [0, 0.05) is 49.3 Å². The molecule has 0 aliphatic rings. The lowest BCUT2D eigenvalue weighted by molar-refractivity contribution is -0.115. The van der Waals surface area contributed by atoms with Crippen molar-refractivity contribution in [3.63, 3.8) is 0 Å². The number of hydrogen-bond acceptors (Lipinski definition) is 9. The summed E-state index contributed by atoms with van der Waals surface area (Å²) in [6.45, 7) is 1.80. The monoisotopic (exact) mass is 492 g/mol. The van der Waals surface area contributed by atoms with E-state index in [9.17, 15) is 9.18 Å². The van der Waals surface area contributed by atoms with Gasteiger partial charge in [0.05, 0.1) is 6.42 Å². The summed E-state index contributed by atoms with van der Waals surface area (Å²) in [5.41, 5.74) is 2.44. The van der Waals surface area contributed by atoms with Crippen molar-refractivity contribution in [3.05, 3.63) is 71.2 Å². The molecule has 0 fully saturated rings. The van der Waals surface area contributed by atoms with Gasteiger partial charge in [-0.15, -0.1) is 11.3 Å². The van der Waals surface area contributed by atoms with E-state index in [-0.39, 0.29) is 12.3 Å². The van der Waals surface area contributed by atoms with E-state index in [0.717, 1.165) is 16.3 Å². The molecule has 0 atom stereocenters. The molecule has 0 spiro atoms. The predicted octanol–water partition coefficient (Wildman–Crippen LogP) is 4.53. The third-order valence-corrected chi connectivity index (χ3v) is 5.92. The van der Waals surface area contributed by atoms with Gasteiger partial charge in [-0.3, -0.25) is 10.1 Å². The van der Waals surface area contributed by atoms with Gasteiger partial charge in [-0.1, -0.05) is 6.07 Å². The zero-order chi connectivity index (χ0) is 24.9. The van der Waals surface area contributed by atoms with Gasteiger partial charge in [0.25, 0.3) is 0 Å². The van der Waals surface area contributed by atoms with Crippen molar-refractivity contribution < 1.29 is 9.18 Å². The first-order chi connectivity index (χ1) is 16.8. The van der Waals surface area contributed by atoms with Crippen LogP contribution >= 0.6 is 11.3 Å². The molecule has 0 aliphatic heterocycles. The summed E-state index contributed by atoms with van der Waals surface area (Å²) < 4.78 is 13.3. The van der Waals surface area contributed by atoms with Crippen molar-refractivity contribution in [1.82, 2.24) is 19.9 Å². The molecule has 2 aromatic carbocycles. The first kappa shape index (κ1) is 24.0. The number of carbonyl (C=O) groups is 1. The van der Waals surface area contributed by atoms with Crippen LogP contribution in [-0.4, -0.2) is 47.0 Å². The molecule has 0 saturated carbocycles. The van der Waals surface area contributed by atoms with Crippen LogP contribution in [0.25, 0.3) is 0 Å². The van der Waals surface area contributed by atoms with Crippen LogP contribution in [-0.2, 0) is 11.2 Å². The highest BCUT2D eigenvalue weighted by molar-refractivity contribution is 7.15. The second kappa shape index (κ2) is 10.4. The standard InChI is InChI=1S/C24H25FN8OS/c1-15-27-22(30-23(28-15)33(4)19-10-8-18(9-11-19)32(2)3)31-24-26-14-20(35-24)13-21(34)29-17-7-5-6-16(25)12-17/h5-12,14H,13H2,1-4H3,(H,29,34)(H,26,27,28,30,31). The summed E-state index contributed by atoms with van der Waals surface area (Å²) in [6.07, 6.45) is 1.73. The lowest BCUT2D eigenvalue weighted by Gasteiger charge is -2.19. The van der Waals surface area contributed by atoms with Gasteiger partial charge in [-0.05, 0) is 49.4 Å². The van der Waals surface area contributed by atoms with Crippen molar-refractivity contribution in [2.45, 2.75) is 13.3 Å². The van der Waals surface area contributed by atoms with Crippen LogP contribution in [0.3, 0.4) is 0 Å². The Labute approximate surface area is 206 Å². The van der Waals surface area contributed by atoms with E-state index in [1.54, 1.807) is 25.3 Å². The summed E-state index contributed by atoms with van der Waals surface area (Å²) in [5.74, 6) is 0.736. The molecule has 35 heavy (non-hydrogen) atoms. The molecule has 2 aromatic heterocycles. The Bertz CT molecular complexity index is 1330. The summed E-state index contributed by atoms with van der Waals surface area (Å²) in [7, 11) is 5.88. The molecule has 0 aliphatic carbocycles. The van der Waals surface area contributed by atoms with Crippen LogP contribution in [0.5, 0.6) is 0 Å². The molecular weight excluding hydrogens is 467 g/mol. The first-order valence-corrected chi connectivity index (χ1v) is 11.6. The van der Waals surface area contributed by atoms with Crippen LogP contribution in [0.15, 0.2) is 54.7 Å². The SMILES string of the molecule is Cc1nc(Nc2ncc(CC(=O)Nc3cccc(F)c3)s2)nc(N(C)c2ccc(N(C)C)cc2)n1. The average Bonchev–Trinajstić information content (AvgIpc) is 3.24. The smallest absolute Gasteiger partial charge is 0.234 e. The number of nitrogens with zero attached hydrogens (tertiary/aromatic N) is 6. The fourth-order valence-electron chi connectivity index (χ4n) is 3.24. The summed E-state index contributed by atoms with van der Waals surface area (Å²) >= 11 is 1.31. The number of carbonyl (C=O) groups excluding carboxylic acids is 1. The fraction of sp³-hybridized carbons (Fsp3) is 0.208. The Hall–Kier alpha value is -4.12. The van der Waals surface area contributed by atoms with E-state index >= 15 is 0 Å². The fourth-order valence-corrected chi connectivity index (χ4v) is 4.04. The van der Waals surface area contributed by atoms with Gasteiger partial charge in [0.1, 0.15) is 11.6 Å². The minimum Gasteiger partial charge on any atom is -0.378 e. The Morgan fingerprint density at radius 3 is 2.49 bits per heavy atom. The number of rotatable bonds is 8. The highest BCUT2D eigenvalue weighted by Gasteiger charge is 2.13. The third-order valence-electron chi connectivity index (χ3n) is 5.00. The first-order valence-electron chi connectivity index (χ1n) is 10.8. The van der Waals surface area contributed by atoms with Gasteiger partial charge < -0.3 is 15.1 Å². The van der Waals surface area contributed by atoms with E-state index in [2.05, 4.69) is 30.6 Å². The normalized spacial score (nSPS) is 10.7. The maximum atomic E-state index is 13.3. The minimum absolute atomic E-state index is 0.114. The Balaban J connectivity index is 1.43. The molecule has 4 aromatic rings. The van der Waals surface area contributed by atoms with Crippen LogP contribution in [0.2, 0.25) is 0 Å². The number of anilines is 6. The van der Waals surface area contributed by atoms with Crippen LogP contribution in [0, 0.1) is 12.7 Å². The molecule has 11 heteroatoms. The number of amides is 1. The molecule has 0 radical (unpaired) electrons. The van der Waals surface area contributed by atoms with E-state index in [1.165, 1.54) is 23.5 Å². The average molecular weight is 493 g/mol. The van der Waals surface area contributed by atoms with Gasteiger partial charge in [-0.25, -0.2) is 9.37 Å². The summed E-state index contributed by atoms with van der Waals surface area (Å²) in [4.78, 5) is 34.6. The lowest BCUT2D eigenvalue weighted by Crippen LogP contribution is -2.16. The molecule has 2 N–H and O–H groups in total. The molecule has 0 bridgehead atoms. The third kappa shape index (κ3) is 6.27. The van der Waals surface area contributed by atoms with Crippen LogP contribution in [0.4, 0.5) is 38.5 Å². The van der Waals surface area contributed by atoms with Crippen LogP contribution in [0.1, 0.15) is 10.7 Å². The van der Waals surface area contributed by atoms with E-state index in [1.807, 2.05) is 55.2 Å². The Morgan fingerprint density at radius 2 is 1.77 bits per heavy atom. The number of benzene rings is 2. The minimum atomic E-state index is -0.407. The highest BCUT2D eigenvalue weighted by Crippen LogP contribution is 2.26. The van der Waals surface area contributed by atoms with Gasteiger partial charge in [0.15, 0.2) is 5.13 Å². The maximum absolute atomic E-state index is 13.3. The topological polar surface area (TPSA) is 99.2 Å². The van der Waals surface area contributed by atoms with Gasteiger partial charge in [-0.2, -0.15) is 15.0 Å². The van der Waals surface area contributed by atoms with Crippen molar-refractivity contribution in [2.75, 3.05) is 41.6 Å². The van der Waals surface area contributed by atoms with Crippen molar-refractivity contribution in [2.24, 2.45) is 0 Å². The van der Waals surface area contributed by atoms with Crippen LogP contribution < -0.4 is 20.4 Å². The van der Waals surface area contributed by atoms with Crippen molar-refractivity contribution in [1.29, 1.82) is 0 Å². The van der Waals surface area contributed by atoms with Crippen molar-refractivity contribution in [3.8, 4) is 0 Å². The number of halogens is 1. The van der Waals surface area contributed by atoms with E-state index in [0.29, 0.717) is 28.5 Å². The molecule has 1 amide bonds. The van der Waals surface area contributed by atoms with Gasteiger partial charge >= 0.3 is 0 Å². The Morgan fingerprint density at radius 1 is 1.03 bits per heavy atom. The number of nitrogens with one attached hydrogen (secondary N) is 2. The molecular formula is C24H25FN8OS. The van der Waals surface area contributed by atoms with E-state index < -0.39 is 5.82 Å². The van der Waals surface area contributed by atoms with Crippen molar-refractivity contribution >= 4 is 51.3 Å². The number of thiazole rings is 1. The molecule has 2 heterocycles. The molecule has 0 saturated heterocycles. The number of aryl methyl sites for hydroxylation is 1. The summed E-state index contributed by atoms with van der Waals surface area (Å²) in [6, 6.07) is 13.8. The zero-order valence-corrected chi connectivity index (χ0v) is 20.6. The zero-order valence-electron chi connectivity index (χ0n) is 19.8. The molecule has 4 rings (SSSR count). The lowest BCUT2D eigenvalue weighted by atomic mass is 10.2. The molecule has 9 nitrogen and oxygen atoms in total. The number of aromatic nitrogens is 4. The molecule has 0 unspecified atom stereocenters. The largest absolute Gasteiger partial charge is 0.378 e. The highest BCUT2D eigenvalue weighted by atomic mass is 32.1. The summed E-state index contributed by atoms with van der Waals surface area (Å²) in [5, 5.41) is 6.33. The Kier molecular flexibility index (Phi) is 7.16. The predicted molar refractivity (Wildman–Crippen MR) is 138 cm³/mol. The van der Waals surface area contributed by atoms with E-state index in [4.69, 9.17) is 0 Å². The second-order valence-corrected chi connectivity index (χ2v) is 9.08. The quantitative estimate of drug-likeness (QED) is 0.370. The number of hydrogen-bond donors (Lipinski definition) is 2. The molecule has 180 valence electrons. The van der Waals surface area contributed by atoms with Gasteiger partial charge in [0.2, 0.25) is 17.8 Å². The second-order valence-electron chi connectivity index (χ2n) is 7.97.